The molecule has 0 aliphatic carbocycles. The van der Waals surface area contributed by atoms with Crippen LogP contribution < -0.4 is 4.74 Å². The molecule has 6 nitrogen and oxygen atoms in total. The first kappa shape index (κ1) is 19.2. The predicted molar refractivity (Wildman–Crippen MR) is 85.1 cm³/mol. The molecule has 1 rings (SSSR count). The molecule has 0 amide bonds. The fourth-order valence-corrected chi connectivity index (χ4v) is 1.76. The highest BCUT2D eigenvalue weighted by atomic mass is 16.5. The van der Waals surface area contributed by atoms with Crippen molar-refractivity contribution in [1.29, 1.82) is 0 Å². The van der Waals surface area contributed by atoms with Gasteiger partial charge in [-0.3, -0.25) is 4.79 Å². The van der Waals surface area contributed by atoms with Crippen LogP contribution in [0.3, 0.4) is 0 Å². The summed E-state index contributed by atoms with van der Waals surface area (Å²) in [7, 11) is 1.60. The molecule has 2 atom stereocenters. The fraction of sp³-hybridized carbons (Fsp3) is 0.471. The van der Waals surface area contributed by atoms with Gasteiger partial charge in [-0.15, -0.1) is 0 Å². The molecule has 6 heteroatoms. The Bertz CT molecular complexity index is 482. The van der Waals surface area contributed by atoms with Gasteiger partial charge in [0.1, 0.15) is 18.5 Å². The normalized spacial score (nSPS) is 13.7. The van der Waals surface area contributed by atoms with Gasteiger partial charge in [0.25, 0.3) is 0 Å². The zero-order chi connectivity index (χ0) is 17.1. The number of carbonyl (C=O) groups is 1. The number of hydrogen-bond acceptors (Lipinski definition) is 6. The van der Waals surface area contributed by atoms with E-state index in [1.54, 1.807) is 19.3 Å². The molecule has 0 aliphatic rings. The molecule has 0 heterocycles. The summed E-state index contributed by atoms with van der Waals surface area (Å²) in [5.41, 5.74) is 0.953. The molecular formula is C17H24O6. The summed E-state index contributed by atoms with van der Waals surface area (Å²) in [5.74, 6) is 0.409. The molecule has 0 spiro atoms. The van der Waals surface area contributed by atoms with E-state index in [1.807, 2.05) is 24.3 Å². The maximum Gasteiger partial charge on any atom is 0.302 e. The van der Waals surface area contributed by atoms with Crippen LogP contribution in [0.2, 0.25) is 0 Å². The average molecular weight is 324 g/mol. The van der Waals surface area contributed by atoms with Gasteiger partial charge in [0.2, 0.25) is 0 Å². The fourth-order valence-electron chi connectivity index (χ4n) is 1.76. The van der Waals surface area contributed by atoms with Crippen molar-refractivity contribution in [2.75, 3.05) is 20.3 Å². The summed E-state index contributed by atoms with van der Waals surface area (Å²) in [6.45, 7) is 1.86. The Morgan fingerprint density at radius 1 is 1.17 bits per heavy atom. The topological polar surface area (TPSA) is 85.2 Å². The number of aliphatic hydroxyl groups is 2. The standard InChI is InChI=1S/C17H24O6/c1-13(18)23-10-4-3-5-16(19)17(20)12-22-11-14-6-8-15(21-2)9-7-14/h3-4,6-9,16-17,19-20H,5,10-12H2,1-2H3/b4-3+/t16-,17-/m1/s1. The molecule has 0 fully saturated rings. The zero-order valence-corrected chi connectivity index (χ0v) is 13.5. The Morgan fingerprint density at radius 2 is 1.87 bits per heavy atom. The lowest BCUT2D eigenvalue weighted by Gasteiger charge is -2.16. The maximum absolute atomic E-state index is 10.6. The number of rotatable bonds is 10. The van der Waals surface area contributed by atoms with Gasteiger partial charge in [0, 0.05) is 6.92 Å². The van der Waals surface area contributed by atoms with Gasteiger partial charge in [-0.05, 0) is 24.1 Å². The molecule has 2 N–H and O–H groups in total. The molecule has 0 bridgehead atoms. The van der Waals surface area contributed by atoms with E-state index in [0.717, 1.165) is 11.3 Å². The van der Waals surface area contributed by atoms with E-state index in [-0.39, 0.29) is 25.6 Å². The SMILES string of the molecule is COc1ccc(COC[C@@H](O)[C@H](O)C/C=C/COC(C)=O)cc1. The van der Waals surface area contributed by atoms with Gasteiger partial charge >= 0.3 is 5.97 Å². The van der Waals surface area contributed by atoms with Crippen LogP contribution in [-0.4, -0.2) is 48.7 Å². The molecule has 0 radical (unpaired) electrons. The maximum atomic E-state index is 10.6. The zero-order valence-electron chi connectivity index (χ0n) is 13.5. The minimum atomic E-state index is -0.980. The van der Waals surface area contributed by atoms with Crippen molar-refractivity contribution in [1.82, 2.24) is 0 Å². The second kappa shape index (κ2) is 10.8. The van der Waals surface area contributed by atoms with Crippen LogP contribution in [0.25, 0.3) is 0 Å². The van der Waals surface area contributed by atoms with Gasteiger partial charge in [-0.25, -0.2) is 0 Å². The number of benzene rings is 1. The van der Waals surface area contributed by atoms with Crippen LogP contribution in [-0.2, 0) is 20.9 Å². The summed E-state index contributed by atoms with van der Waals surface area (Å²) >= 11 is 0. The highest BCUT2D eigenvalue weighted by molar-refractivity contribution is 5.65. The molecule has 0 aliphatic heterocycles. The van der Waals surface area contributed by atoms with Crippen molar-refractivity contribution in [3.8, 4) is 5.75 Å². The predicted octanol–water partition coefficient (Wildman–Crippen LogP) is 1.44. The number of ether oxygens (including phenoxy) is 3. The second-order valence-electron chi connectivity index (χ2n) is 5.01. The largest absolute Gasteiger partial charge is 0.497 e. The van der Waals surface area contributed by atoms with Gasteiger partial charge in [-0.1, -0.05) is 24.3 Å². The third kappa shape index (κ3) is 8.35. The minimum Gasteiger partial charge on any atom is -0.497 e. The quantitative estimate of drug-likeness (QED) is 0.500. The second-order valence-corrected chi connectivity index (χ2v) is 5.01. The van der Waals surface area contributed by atoms with Crippen LogP contribution >= 0.6 is 0 Å². The Balaban J connectivity index is 2.21. The van der Waals surface area contributed by atoms with E-state index in [2.05, 4.69) is 0 Å². The van der Waals surface area contributed by atoms with Crippen molar-refractivity contribution >= 4 is 5.97 Å². The number of methoxy groups -OCH3 is 1. The van der Waals surface area contributed by atoms with E-state index in [0.29, 0.717) is 6.61 Å². The Kier molecular flexibility index (Phi) is 8.97. The van der Waals surface area contributed by atoms with E-state index < -0.39 is 12.2 Å². The molecule has 1 aromatic rings. The molecular weight excluding hydrogens is 300 g/mol. The van der Waals surface area contributed by atoms with Crippen LogP contribution in [0.5, 0.6) is 5.75 Å². The monoisotopic (exact) mass is 324 g/mol. The molecule has 0 saturated heterocycles. The molecule has 1 aromatic carbocycles. The summed E-state index contributed by atoms with van der Waals surface area (Å²) in [6, 6.07) is 7.41. The Hall–Kier alpha value is -1.89. The first-order valence-corrected chi connectivity index (χ1v) is 7.38. The highest BCUT2D eigenvalue weighted by Crippen LogP contribution is 2.12. The van der Waals surface area contributed by atoms with Crippen molar-refractivity contribution in [3.05, 3.63) is 42.0 Å². The first-order chi connectivity index (χ1) is 11.0. The van der Waals surface area contributed by atoms with Crippen LogP contribution in [0.4, 0.5) is 0 Å². The summed E-state index contributed by atoms with van der Waals surface area (Å²) in [6.07, 6.45) is 1.62. The summed E-state index contributed by atoms with van der Waals surface area (Å²) < 4.78 is 15.2. The van der Waals surface area contributed by atoms with Gasteiger partial charge in [0.15, 0.2) is 0 Å². The lowest BCUT2D eigenvalue weighted by Crippen LogP contribution is -2.30. The smallest absolute Gasteiger partial charge is 0.302 e. The van der Waals surface area contributed by atoms with Crippen molar-refractivity contribution in [2.24, 2.45) is 0 Å². The number of carbonyl (C=O) groups excluding carboxylic acids is 1. The van der Waals surface area contributed by atoms with Crippen molar-refractivity contribution in [3.63, 3.8) is 0 Å². The van der Waals surface area contributed by atoms with Gasteiger partial charge in [0.05, 0.1) is 26.4 Å². The Labute approximate surface area is 136 Å². The van der Waals surface area contributed by atoms with Crippen LogP contribution in [0.1, 0.15) is 18.9 Å². The number of aliphatic hydroxyl groups excluding tert-OH is 2. The third-order valence-corrected chi connectivity index (χ3v) is 3.09. The van der Waals surface area contributed by atoms with E-state index in [1.165, 1.54) is 6.92 Å². The third-order valence-electron chi connectivity index (χ3n) is 3.09. The summed E-state index contributed by atoms with van der Waals surface area (Å²) in [5, 5.41) is 19.6. The molecule has 0 unspecified atom stereocenters. The van der Waals surface area contributed by atoms with Crippen molar-refractivity contribution in [2.45, 2.75) is 32.2 Å². The van der Waals surface area contributed by atoms with Crippen molar-refractivity contribution < 1.29 is 29.2 Å². The first-order valence-electron chi connectivity index (χ1n) is 7.38. The van der Waals surface area contributed by atoms with E-state index in [4.69, 9.17) is 14.2 Å². The highest BCUT2D eigenvalue weighted by Gasteiger charge is 2.14. The van der Waals surface area contributed by atoms with E-state index >= 15 is 0 Å². The summed E-state index contributed by atoms with van der Waals surface area (Å²) in [4.78, 5) is 10.6. The van der Waals surface area contributed by atoms with Crippen LogP contribution in [0.15, 0.2) is 36.4 Å². The van der Waals surface area contributed by atoms with E-state index in [9.17, 15) is 15.0 Å². The Morgan fingerprint density at radius 3 is 2.48 bits per heavy atom. The van der Waals surface area contributed by atoms with Crippen LogP contribution in [0, 0.1) is 0 Å². The molecule has 23 heavy (non-hydrogen) atoms. The minimum absolute atomic E-state index is 0.0327. The van der Waals surface area contributed by atoms with Gasteiger partial charge < -0.3 is 24.4 Å². The molecule has 128 valence electrons. The lowest BCUT2D eigenvalue weighted by atomic mass is 10.1. The molecule has 0 saturated carbocycles. The number of hydrogen-bond donors (Lipinski definition) is 2. The lowest BCUT2D eigenvalue weighted by molar-refractivity contribution is -0.139. The van der Waals surface area contributed by atoms with Gasteiger partial charge in [-0.2, -0.15) is 0 Å². The average Bonchev–Trinajstić information content (AvgIpc) is 2.54. The number of esters is 1. The molecule has 0 aromatic heterocycles.